The second-order valence-corrected chi connectivity index (χ2v) is 7.16. The highest BCUT2D eigenvalue weighted by molar-refractivity contribution is 8.14. The molecule has 0 aliphatic carbocycles. The Balaban J connectivity index is 1.59. The Labute approximate surface area is 157 Å². The van der Waals surface area contributed by atoms with Crippen molar-refractivity contribution in [3.05, 3.63) is 54.6 Å². The predicted molar refractivity (Wildman–Crippen MR) is 103 cm³/mol. The lowest BCUT2D eigenvalue weighted by atomic mass is 10.2. The van der Waals surface area contributed by atoms with E-state index in [2.05, 4.69) is 11.9 Å². The van der Waals surface area contributed by atoms with Gasteiger partial charge in [-0.3, -0.25) is 9.69 Å². The molecular weight excluding hydrogens is 348 g/mol. The van der Waals surface area contributed by atoms with Crippen LogP contribution in [0, 0.1) is 0 Å². The topological polar surface area (TPSA) is 51.1 Å². The monoisotopic (exact) mass is 368 g/mol. The Bertz CT molecular complexity index is 825. The quantitative estimate of drug-likeness (QED) is 0.825. The van der Waals surface area contributed by atoms with Crippen LogP contribution in [0.4, 0.5) is 5.69 Å². The molecule has 0 saturated carbocycles. The molecular formula is C20H20N2O3S. The first-order chi connectivity index (χ1) is 12.8. The lowest BCUT2D eigenvalue weighted by molar-refractivity contribution is -0.138. The van der Waals surface area contributed by atoms with Gasteiger partial charge in [-0.15, -0.1) is 0 Å². The molecule has 2 aliphatic heterocycles. The van der Waals surface area contributed by atoms with E-state index < -0.39 is 6.10 Å². The van der Waals surface area contributed by atoms with Crippen LogP contribution in [0.2, 0.25) is 0 Å². The fourth-order valence-corrected chi connectivity index (χ4v) is 4.32. The molecule has 2 aliphatic rings. The SMILES string of the molecule is CC[C@@H]1CSC(=Nc2ccccc2)N1C(=O)[C@@H]1COc2ccccc2O1. The van der Waals surface area contributed by atoms with Crippen molar-refractivity contribution in [2.45, 2.75) is 25.5 Å². The fraction of sp³-hybridized carbons (Fsp3) is 0.300. The van der Waals surface area contributed by atoms with Crippen molar-refractivity contribution in [1.29, 1.82) is 0 Å². The first-order valence-electron chi connectivity index (χ1n) is 8.74. The van der Waals surface area contributed by atoms with Gasteiger partial charge >= 0.3 is 0 Å². The number of hydrogen-bond acceptors (Lipinski definition) is 5. The lowest BCUT2D eigenvalue weighted by Crippen LogP contribution is -2.49. The van der Waals surface area contributed by atoms with E-state index in [0.29, 0.717) is 11.5 Å². The van der Waals surface area contributed by atoms with Gasteiger partial charge < -0.3 is 9.47 Å². The van der Waals surface area contributed by atoms with Gasteiger partial charge in [0.05, 0.1) is 5.69 Å². The Morgan fingerprint density at radius 2 is 1.88 bits per heavy atom. The highest BCUT2D eigenvalue weighted by Gasteiger charge is 2.40. The summed E-state index contributed by atoms with van der Waals surface area (Å²) in [5, 5.41) is 0.732. The van der Waals surface area contributed by atoms with E-state index in [1.807, 2.05) is 54.6 Å². The third-order valence-corrected chi connectivity index (χ3v) is 5.55. The van der Waals surface area contributed by atoms with Crippen LogP contribution < -0.4 is 9.47 Å². The van der Waals surface area contributed by atoms with Crippen LogP contribution in [0.25, 0.3) is 0 Å². The molecule has 26 heavy (non-hydrogen) atoms. The highest BCUT2D eigenvalue weighted by atomic mass is 32.2. The zero-order chi connectivity index (χ0) is 17.9. The second-order valence-electron chi connectivity index (χ2n) is 6.18. The van der Waals surface area contributed by atoms with Crippen molar-refractivity contribution < 1.29 is 14.3 Å². The van der Waals surface area contributed by atoms with Gasteiger partial charge in [0.25, 0.3) is 5.91 Å². The van der Waals surface area contributed by atoms with Crippen molar-refractivity contribution in [3.8, 4) is 11.5 Å². The van der Waals surface area contributed by atoms with Crippen molar-refractivity contribution >= 4 is 28.5 Å². The number of nitrogens with zero attached hydrogens (tertiary/aromatic N) is 2. The van der Waals surface area contributed by atoms with Crippen molar-refractivity contribution in [3.63, 3.8) is 0 Å². The summed E-state index contributed by atoms with van der Waals surface area (Å²) in [4.78, 5) is 19.7. The Morgan fingerprint density at radius 1 is 1.15 bits per heavy atom. The third-order valence-electron chi connectivity index (χ3n) is 4.45. The number of benzene rings is 2. The molecule has 0 aromatic heterocycles. The number of amidine groups is 1. The maximum Gasteiger partial charge on any atom is 0.273 e. The first kappa shape index (κ1) is 17.0. The van der Waals surface area contributed by atoms with Gasteiger partial charge in [-0.1, -0.05) is 49.0 Å². The molecule has 4 rings (SSSR count). The summed E-state index contributed by atoms with van der Waals surface area (Å²) in [6, 6.07) is 17.3. The van der Waals surface area contributed by atoms with Crippen molar-refractivity contribution in [2.75, 3.05) is 12.4 Å². The van der Waals surface area contributed by atoms with Crippen LogP contribution >= 0.6 is 11.8 Å². The summed E-state index contributed by atoms with van der Waals surface area (Å²) in [5.41, 5.74) is 0.843. The minimum atomic E-state index is -0.654. The molecule has 2 aromatic rings. The van der Waals surface area contributed by atoms with Crippen molar-refractivity contribution in [2.24, 2.45) is 4.99 Å². The molecule has 6 heteroatoms. The number of para-hydroxylation sites is 3. The zero-order valence-corrected chi connectivity index (χ0v) is 15.3. The minimum absolute atomic E-state index is 0.0916. The summed E-state index contributed by atoms with van der Waals surface area (Å²) in [6.07, 6.45) is 0.218. The van der Waals surface area contributed by atoms with Crippen LogP contribution in [0.15, 0.2) is 59.6 Å². The third kappa shape index (κ3) is 3.29. The largest absolute Gasteiger partial charge is 0.485 e. The average Bonchev–Trinajstić information content (AvgIpc) is 3.10. The molecule has 2 atom stereocenters. The van der Waals surface area contributed by atoms with E-state index in [1.165, 1.54) is 0 Å². The smallest absolute Gasteiger partial charge is 0.273 e. The maximum atomic E-state index is 13.2. The zero-order valence-electron chi connectivity index (χ0n) is 14.5. The molecule has 0 spiro atoms. The van der Waals surface area contributed by atoms with Gasteiger partial charge in [0, 0.05) is 11.8 Å². The standard InChI is InChI=1S/C20H20N2O3S/c1-2-15-13-26-20(21-14-8-4-3-5-9-14)22(15)19(23)18-12-24-16-10-6-7-11-17(16)25-18/h3-11,15,18H,2,12-13H2,1H3/t15-,18+/m1/s1. The van der Waals surface area contributed by atoms with Gasteiger partial charge in [0.1, 0.15) is 6.61 Å². The van der Waals surface area contributed by atoms with E-state index in [1.54, 1.807) is 16.7 Å². The fourth-order valence-electron chi connectivity index (χ4n) is 3.04. The molecule has 0 radical (unpaired) electrons. The molecule has 5 nitrogen and oxygen atoms in total. The van der Waals surface area contributed by atoms with Gasteiger partial charge in [-0.05, 0) is 30.7 Å². The summed E-state index contributed by atoms with van der Waals surface area (Å²) in [7, 11) is 0. The van der Waals surface area contributed by atoms with E-state index >= 15 is 0 Å². The van der Waals surface area contributed by atoms with E-state index in [9.17, 15) is 4.79 Å². The number of thioether (sulfide) groups is 1. The minimum Gasteiger partial charge on any atom is -0.485 e. The number of rotatable bonds is 3. The molecule has 1 fully saturated rings. The van der Waals surface area contributed by atoms with Crippen LogP contribution in [-0.2, 0) is 4.79 Å². The van der Waals surface area contributed by atoms with E-state index in [4.69, 9.17) is 9.47 Å². The van der Waals surface area contributed by atoms with Crippen LogP contribution in [-0.4, -0.2) is 40.5 Å². The molecule has 2 aromatic carbocycles. The number of carbonyl (C=O) groups is 1. The first-order valence-corrected chi connectivity index (χ1v) is 9.73. The van der Waals surface area contributed by atoms with Crippen LogP contribution in [0.5, 0.6) is 11.5 Å². The lowest BCUT2D eigenvalue weighted by Gasteiger charge is -2.31. The summed E-state index contributed by atoms with van der Waals surface area (Å²) in [5.74, 6) is 2.04. The van der Waals surface area contributed by atoms with E-state index in [0.717, 1.165) is 23.0 Å². The summed E-state index contributed by atoms with van der Waals surface area (Å²) < 4.78 is 11.6. The second kappa shape index (κ2) is 7.41. The molecule has 134 valence electrons. The van der Waals surface area contributed by atoms with Gasteiger partial charge in [0.15, 0.2) is 16.7 Å². The summed E-state index contributed by atoms with van der Waals surface area (Å²) >= 11 is 1.61. The predicted octanol–water partition coefficient (Wildman–Crippen LogP) is 3.87. The number of ether oxygens (including phenoxy) is 2. The molecule has 1 saturated heterocycles. The highest BCUT2D eigenvalue weighted by Crippen LogP contribution is 2.34. The van der Waals surface area contributed by atoms with Gasteiger partial charge in [-0.25, -0.2) is 4.99 Å². The van der Waals surface area contributed by atoms with Crippen LogP contribution in [0.1, 0.15) is 13.3 Å². The number of aliphatic imine (C=N–C) groups is 1. The van der Waals surface area contributed by atoms with Gasteiger partial charge in [-0.2, -0.15) is 0 Å². The molecule has 2 heterocycles. The molecule has 1 amide bonds. The maximum absolute atomic E-state index is 13.2. The Morgan fingerprint density at radius 3 is 2.65 bits per heavy atom. The number of hydrogen-bond donors (Lipinski definition) is 0. The van der Waals surface area contributed by atoms with Crippen molar-refractivity contribution in [1.82, 2.24) is 4.90 Å². The van der Waals surface area contributed by atoms with Crippen LogP contribution in [0.3, 0.4) is 0 Å². The number of amides is 1. The Kier molecular flexibility index (Phi) is 4.84. The Hall–Kier alpha value is -2.47. The molecule has 0 N–H and O–H groups in total. The molecule has 0 bridgehead atoms. The number of carbonyl (C=O) groups excluding carboxylic acids is 1. The number of fused-ring (bicyclic) bond motifs is 1. The molecule has 0 unspecified atom stereocenters. The van der Waals surface area contributed by atoms with E-state index in [-0.39, 0.29) is 18.6 Å². The normalized spacial score (nSPS) is 23.3. The average molecular weight is 368 g/mol. The summed E-state index contributed by atoms with van der Waals surface area (Å²) in [6.45, 7) is 2.30. The van der Waals surface area contributed by atoms with Gasteiger partial charge in [0.2, 0.25) is 6.10 Å².